The number of alkyl carbamates (subject to hydrolysis) is 1. The Morgan fingerprint density at radius 3 is 2.14 bits per heavy atom. The van der Waals surface area contributed by atoms with Gasteiger partial charge in [-0.1, -0.05) is 60.7 Å². The van der Waals surface area contributed by atoms with Crippen molar-refractivity contribution in [2.75, 3.05) is 26.2 Å². The Balaban J connectivity index is 0.00000361. The maximum Gasteiger partial charge on any atom is 0.408 e. The molecule has 3 aliphatic rings. The molecule has 0 radical (unpaired) electrons. The molecular weight excluding hydrogens is 524 g/mol. The van der Waals surface area contributed by atoms with Crippen molar-refractivity contribution in [1.29, 1.82) is 0 Å². The van der Waals surface area contributed by atoms with E-state index in [4.69, 9.17) is 9.47 Å². The summed E-state index contributed by atoms with van der Waals surface area (Å²) in [5, 5.41) is 2.69. The zero-order valence-electron chi connectivity index (χ0n) is 21.1. The summed E-state index contributed by atoms with van der Waals surface area (Å²) in [4.78, 5) is 38.8. The van der Waals surface area contributed by atoms with Crippen LogP contribution in [-0.2, 0) is 14.3 Å². The van der Waals surface area contributed by atoms with Crippen molar-refractivity contribution in [3.05, 3.63) is 71.8 Å². The number of fused-ring (bicyclic) bond motifs is 3. The number of ether oxygens (including phenoxy) is 2. The molecule has 36 heavy (non-hydrogen) atoms. The second-order valence-electron chi connectivity index (χ2n) is 10.7. The fourth-order valence-electron chi connectivity index (χ4n) is 5.16. The van der Waals surface area contributed by atoms with Crippen LogP contribution in [0.5, 0.6) is 0 Å². The van der Waals surface area contributed by atoms with Gasteiger partial charge in [0, 0.05) is 24.3 Å². The highest BCUT2D eigenvalue weighted by atomic mass is 79.9. The maximum atomic E-state index is 13.4. The number of esters is 1. The van der Waals surface area contributed by atoms with Gasteiger partial charge in [0.05, 0.1) is 13.1 Å². The van der Waals surface area contributed by atoms with Gasteiger partial charge in [0.15, 0.2) is 12.1 Å². The van der Waals surface area contributed by atoms with Crippen LogP contribution in [0.2, 0.25) is 0 Å². The monoisotopic (exact) mass is 558 g/mol. The average molecular weight is 560 g/mol. The number of benzene rings is 2. The number of carbonyl (C=O) groups is 3. The lowest BCUT2D eigenvalue weighted by molar-refractivity contribution is -0.938. The summed E-state index contributed by atoms with van der Waals surface area (Å²) in [5.41, 5.74) is 0.659. The predicted octanol–water partition coefficient (Wildman–Crippen LogP) is 1.29. The lowest BCUT2D eigenvalue weighted by atomic mass is 9.82. The number of rotatable bonds is 7. The Bertz CT molecular complexity index is 1050. The Morgan fingerprint density at radius 1 is 0.972 bits per heavy atom. The highest BCUT2D eigenvalue weighted by Crippen LogP contribution is 2.36. The van der Waals surface area contributed by atoms with Crippen molar-refractivity contribution in [2.45, 2.75) is 51.4 Å². The van der Waals surface area contributed by atoms with Crippen molar-refractivity contribution >= 4 is 17.8 Å². The SMILES string of the molecule is CC(C)(C)OC(=O)N[C@@H](C(=O)O[C@H]1C[N+]2(CC(=O)c3ccccc3)CCC1CC2)c1ccccc1.[Br-]. The van der Waals surface area contributed by atoms with E-state index in [1.54, 1.807) is 32.9 Å². The lowest BCUT2D eigenvalue weighted by Gasteiger charge is -2.51. The summed E-state index contributed by atoms with van der Waals surface area (Å²) in [7, 11) is 0. The van der Waals surface area contributed by atoms with Gasteiger partial charge in [0.25, 0.3) is 0 Å². The van der Waals surface area contributed by atoms with E-state index in [1.165, 1.54) is 0 Å². The standard InChI is InChI=1S/C28H34N2O5.BrH/c1-28(2,3)35-27(33)29-25(22-12-8-5-9-13-22)26(32)34-24-19-30(16-14-21(24)15-17-30)18-23(31)20-10-6-4-7-11-20;/h4-13,21,24-25H,14-19H2,1-3H3;1H/t21?,24-,25+,30?;/m0./s1. The molecule has 0 aliphatic carbocycles. The molecule has 1 N–H and O–H groups in total. The second-order valence-corrected chi connectivity index (χ2v) is 10.7. The van der Waals surface area contributed by atoms with Crippen molar-refractivity contribution in [3.63, 3.8) is 0 Å². The summed E-state index contributed by atoms with van der Waals surface area (Å²) in [6, 6.07) is 17.4. The molecule has 3 fully saturated rings. The molecule has 1 amide bonds. The van der Waals surface area contributed by atoms with Gasteiger partial charge in [-0.15, -0.1) is 0 Å². The number of nitrogens with one attached hydrogen (secondary N) is 1. The second kappa shape index (κ2) is 11.6. The molecule has 0 unspecified atom stereocenters. The van der Waals surface area contributed by atoms with Crippen LogP contribution in [0, 0.1) is 5.92 Å². The zero-order chi connectivity index (χ0) is 25.1. The summed E-state index contributed by atoms with van der Waals surface area (Å²) in [6.45, 7) is 8.16. The number of carbonyl (C=O) groups excluding carboxylic acids is 3. The van der Waals surface area contributed by atoms with Gasteiger partial charge >= 0.3 is 12.1 Å². The molecule has 8 heteroatoms. The van der Waals surface area contributed by atoms with Crippen LogP contribution in [0.25, 0.3) is 0 Å². The average Bonchev–Trinajstić information content (AvgIpc) is 2.83. The number of Topliss-reactive ketones (excluding diaryl/α,β-unsaturated/α-hetero) is 1. The van der Waals surface area contributed by atoms with Crippen LogP contribution in [0.1, 0.15) is 55.6 Å². The Hall–Kier alpha value is -2.71. The molecule has 2 aromatic carbocycles. The minimum absolute atomic E-state index is 0. The lowest BCUT2D eigenvalue weighted by Crippen LogP contribution is -3.00. The van der Waals surface area contributed by atoms with Crippen molar-refractivity contribution < 1.29 is 45.3 Å². The predicted molar refractivity (Wildman–Crippen MR) is 132 cm³/mol. The third kappa shape index (κ3) is 6.95. The van der Waals surface area contributed by atoms with Gasteiger partial charge in [0.1, 0.15) is 18.7 Å². The summed E-state index contributed by atoms with van der Waals surface area (Å²) in [6.07, 6.45) is 0.861. The minimum atomic E-state index is -0.971. The molecule has 0 saturated carbocycles. The van der Waals surface area contributed by atoms with Crippen LogP contribution in [-0.4, -0.2) is 60.2 Å². The van der Waals surface area contributed by atoms with E-state index in [2.05, 4.69) is 5.32 Å². The van der Waals surface area contributed by atoms with Crippen LogP contribution >= 0.6 is 0 Å². The molecule has 2 bridgehead atoms. The minimum Gasteiger partial charge on any atom is -1.00 e. The number of ketones is 1. The van der Waals surface area contributed by atoms with Crippen LogP contribution in [0.15, 0.2) is 60.7 Å². The molecule has 3 aliphatic heterocycles. The molecular formula is C28H35BrN2O5. The summed E-state index contributed by atoms with van der Waals surface area (Å²) < 4.78 is 12.1. The first-order valence-corrected chi connectivity index (χ1v) is 12.3. The molecule has 7 nitrogen and oxygen atoms in total. The van der Waals surface area contributed by atoms with E-state index in [0.29, 0.717) is 28.7 Å². The quantitative estimate of drug-likeness (QED) is 0.314. The number of piperidine rings is 3. The molecule has 5 rings (SSSR count). The molecule has 3 heterocycles. The Morgan fingerprint density at radius 2 is 1.56 bits per heavy atom. The smallest absolute Gasteiger partial charge is 0.408 e. The van der Waals surface area contributed by atoms with Crippen LogP contribution in [0.3, 0.4) is 0 Å². The Kier molecular flexibility index (Phi) is 8.95. The van der Waals surface area contributed by atoms with Gasteiger partial charge < -0.3 is 36.3 Å². The number of nitrogens with zero attached hydrogens (tertiary/aromatic N) is 1. The van der Waals surface area contributed by atoms with Crippen molar-refractivity contribution in [1.82, 2.24) is 5.32 Å². The van der Waals surface area contributed by atoms with Gasteiger partial charge in [-0.2, -0.15) is 0 Å². The maximum absolute atomic E-state index is 13.4. The normalized spacial score (nSPS) is 23.6. The summed E-state index contributed by atoms with van der Waals surface area (Å²) >= 11 is 0. The molecule has 0 spiro atoms. The first-order valence-electron chi connectivity index (χ1n) is 12.3. The molecule has 2 aromatic rings. The van der Waals surface area contributed by atoms with Crippen LogP contribution < -0.4 is 22.3 Å². The highest BCUT2D eigenvalue weighted by Gasteiger charge is 2.49. The van der Waals surface area contributed by atoms with Crippen molar-refractivity contribution in [2.24, 2.45) is 5.92 Å². The van der Waals surface area contributed by atoms with E-state index >= 15 is 0 Å². The van der Waals surface area contributed by atoms with Gasteiger partial charge in [-0.3, -0.25) is 4.79 Å². The van der Waals surface area contributed by atoms with Crippen LogP contribution in [0.4, 0.5) is 4.79 Å². The fraction of sp³-hybridized carbons (Fsp3) is 0.464. The molecule has 3 saturated heterocycles. The van der Waals surface area contributed by atoms with Gasteiger partial charge in [-0.25, -0.2) is 9.59 Å². The van der Waals surface area contributed by atoms with Gasteiger partial charge in [0.2, 0.25) is 5.78 Å². The topological polar surface area (TPSA) is 81.7 Å². The van der Waals surface area contributed by atoms with E-state index in [1.807, 2.05) is 48.5 Å². The van der Waals surface area contributed by atoms with E-state index in [0.717, 1.165) is 25.9 Å². The van der Waals surface area contributed by atoms with E-state index in [-0.39, 0.29) is 34.8 Å². The molecule has 2 atom stereocenters. The van der Waals surface area contributed by atoms with E-state index < -0.39 is 23.7 Å². The highest BCUT2D eigenvalue weighted by molar-refractivity contribution is 5.97. The summed E-state index contributed by atoms with van der Waals surface area (Å²) in [5.74, 6) is -0.123. The Labute approximate surface area is 223 Å². The molecule has 194 valence electrons. The van der Waals surface area contributed by atoms with Crippen molar-refractivity contribution in [3.8, 4) is 0 Å². The fourth-order valence-corrected chi connectivity index (χ4v) is 5.16. The van der Waals surface area contributed by atoms with Gasteiger partial charge in [-0.05, 0) is 26.3 Å². The number of hydrogen-bond donors (Lipinski definition) is 1. The first-order chi connectivity index (χ1) is 16.6. The first kappa shape index (κ1) is 27.9. The zero-order valence-corrected chi connectivity index (χ0v) is 22.7. The number of hydrogen-bond acceptors (Lipinski definition) is 5. The number of amides is 1. The van der Waals surface area contributed by atoms with E-state index in [9.17, 15) is 14.4 Å². The molecule has 0 aromatic heterocycles. The number of quaternary nitrogens is 1. The third-order valence-corrected chi connectivity index (χ3v) is 6.91. The largest absolute Gasteiger partial charge is 1.00 e. The third-order valence-electron chi connectivity index (χ3n) is 6.91. The number of halogens is 1.